The van der Waals surface area contributed by atoms with Crippen molar-refractivity contribution in [2.75, 3.05) is 67.0 Å². The first-order valence-corrected chi connectivity index (χ1v) is 6.60. The van der Waals surface area contributed by atoms with Crippen molar-refractivity contribution in [3.63, 3.8) is 0 Å². The smallest absolute Gasteiger partial charge is 0.123 e. The van der Waals surface area contributed by atoms with Gasteiger partial charge in [-0.05, 0) is 13.0 Å². The summed E-state index contributed by atoms with van der Waals surface area (Å²) in [5.41, 5.74) is 5.56. The van der Waals surface area contributed by atoms with Crippen LogP contribution in [-0.4, -0.2) is 82.6 Å². The summed E-state index contributed by atoms with van der Waals surface area (Å²) in [5.74, 6) is 0. The van der Waals surface area contributed by atoms with Crippen LogP contribution in [0, 0.1) is 0 Å². The topological polar surface area (TPSA) is 50.5 Å². The van der Waals surface area contributed by atoms with E-state index in [4.69, 9.17) is 10.5 Å². The molecular formula is C12H29N4O+. The highest BCUT2D eigenvalue weighted by molar-refractivity contribution is 4.73. The Morgan fingerprint density at radius 2 is 2.18 bits per heavy atom. The van der Waals surface area contributed by atoms with Crippen molar-refractivity contribution in [2.24, 2.45) is 5.73 Å². The van der Waals surface area contributed by atoms with Crippen LogP contribution in [0.5, 0.6) is 0 Å². The number of nitrogens with zero attached hydrogens (tertiary/aromatic N) is 2. The van der Waals surface area contributed by atoms with Crippen LogP contribution in [0.3, 0.4) is 0 Å². The molecule has 0 saturated carbocycles. The molecule has 0 aromatic carbocycles. The number of ether oxygens (including phenoxy) is 1. The molecule has 1 atom stereocenters. The normalized spacial score (nSPS) is 22.9. The number of nitrogens with one attached hydrogen (secondary N) is 1. The highest BCUT2D eigenvalue weighted by atomic mass is 16.5. The lowest BCUT2D eigenvalue weighted by atomic mass is 10.3. The Kier molecular flexibility index (Phi) is 6.37. The Morgan fingerprint density at radius 3 is 2.82 bits per heavy atom. The molecule has 1 heterocycles. The van der Waals surface area contributed by atoms with Gasteiger partial charge >= 0.3 is 0 Å². The van der Waals surface area contributed by atoms with E-state index in [2.05, 4.69) is 31.4 Å². The van der Waals surface area contributed by atoms with Crippen molar-refractivity contribution in [1.82, 2.24) is 10.2 Å². The van der Waals surface area contributed by atoms with Gasteiger partial charge in [0.05, 0.1) is 27.7 Å². The van der Waals surface area contributed by atoms with E-state index in [9.17, 15) is 0 Å². The maximum absolute atomic E-state index is 5.98. The monoisotopic (exact) mass is 245 g/mol. The van der Waals surface area contributed by atoms with Crippen molar-refractivity contribution in [3.05, 3.63) is 0 Å². The summed E-state index contributed by atoms with van der Waals surface area (Å²) in [7, 11) is 6.57. The molecule has 5 nitrogen and oxygen atoms in total. The Balaban J connectivity index is 2.27. The number of nitrogens with two attached hydrogens (primary N) is 1. The highest BCUT2D eigenvalue weighted by Gasteiger charge is 2.22. The molecule has 0 aromatic heterocycles. The van der Waals surface area contributed by atoms with E-state index in [0.29, 0.717) is 0 Å². The fourth-order valence-electron chi connectivity index (χ4n) is 1.90. The molecule has 1 aliphatic heterocycles. The summed E-state index contributed by atoms with van der Waals surface area (Å²) in [6.07, 6.45) is 1.27. The molecule has 5 heteroatoms. The van der Waals surface area contributed by atoms with Crippen molar-refractivity contribution < 1.29 is 9.22 Å². The van der Waals surface area contributed by atoms with Gasteiger partial charge in [0.15, 0.2) is 0 Å². The zero-order valence-electron chi connectivity index (χ0n) is 11.6. The molecule has 0 bridgehead atoms. The zero-order chi connectivity index (χ0) is 12.7. The SMILES string of the molecule is C[N+](C)(C)CCOC1CNCCN1CCCN. The number of rotatable bonds is 7. The average Bonchev–Trinajstić information content (AvgIpc) is 2.26. The maximum atomic E-state index is 5.98. The second-order valence-corrected chi connectivity index (χ2v) is 5.72. The Hall–Kier alpha value is -0.200. The van der Waals surface area contributed by atoms with Crippen LogP contribution in [0.2, 0.25) is 0 Å². The van der Waals surface area contributed by atoms with Gasteiger partial charge in [0.25, 0.3) is 0 Å². The van der Waals surface area contributed by atoms with E-state index in [0.717, 1.165) is 56.8 Å². The second kappa shape index (κ2) is 7.28. The van der Waals surface area contributed by atoms with Gasteiger partial charge in [0, 0.05) is 26.2 Å². The Morgan fingerprint density at radius 1 is 1.41 bits per heavy atom. The molecule has 1 rings (SSSR count). The van der Waals surface area contributed by atoms with Crippen LogP contribution in [0.4, 0.5) is 0 Å². The molecule has 0 spiro atoms. The first kappa shape index (κ1) is 14.9. The van der Waals surface area contributed by atoms with E-state index in [1.165, 1.54) is 0 Å². The van der Waals surface area contributed by atoms with E-state index in [-0.39, 0.29) is 6.23 Å². The van der Waals surface area contributed by atoms with Crippen molar-refractivity contribution >= 4 is 0 Å². The minimum Gasteiger partial charge on any atom is -0.356 e. The lowest BCUT2D eigenvalue weighted by molar-refractivity contribution is -0.870. The zero-order valence-corrected chi connectivity index (χ0v) is 11.6. The van der Waals surface area contributed by atoms with Gasteiger partial charge in [-0.1, -0.05) is 0 Å². The summed E-state index contributed by atoms with van der Waals surface area (Å²) in [6.45, 7) is 6.72. The second-order valence-electron chi connectivity index (χ2n) is 5.72. The molecule has 3 N–H and O–H groups in total. The number of hydrogen-bond acceptors (Lipinski definition) is 4. The van der Waals surface area contributed by atoms with Crippen molar-refractivity contribution in [2.45, 2.75) is 12.6 Å². The first-order valence-electron chi connectivity index (χ1n) is 6.60. The van der Waals surface area contributed by atoms with Gasteiger partial charge in [-0.15, -0.1) is 0 Å². The summed E-state index contributed by atoms with van der Waals surface area (Å²) < 4.78 is 6.92. The van der Waals surface area contributed by atoms with Crippen LogP contribution < -0.4 is 11.1 Å². The maximum Gasteiger partial charge on any atom is 0.123 e. The van der Waals surface area contributed by atoms with E-state index < -0.39 is 0 Å². The van der Waals surface area contributed by atoms with Crippen LogP contribution in [0.15, 0.2) is 0 Å². The third-order valence-electron chi connectivity index (χ3n) is 3.02. The summed E-state index contributed by atoms with van der Waals surface area (Å²) >= 11 is 0. The van der Waals surface area contributed by atoms with Crippen LogP contribution in [0.25, 0.3) is 0 Å². The van der Waals surface area contributed by atoms with E-state index in [1.54, 1.807) is 0 Å². The molecule has 0 aromatic rings. The van der Waals surface area contributed by atoms with E-state index in [1.807, 2.05) is 0 Å². The molecule has 1 saturated heterocycles. The third kappa shape index (κ3) is 6.33. The highest BCUT2D eigenvalue weighted by Crippen LogP contribution is 2.06. The fraction of sp³-hybridized carbons (Fsp3) is 1.00. The van der Waals surface area contributed by atoms with Crippen LogP contribution >= 0.6 is 0 Å². The Bertz CT molecular complexity index is 205. The van der Waals surface area contributed by atoms with Gasteiger partial charge in [-0.3, -0.25) is 4.90 Å². The van der Waals surface area contributed by atoms with Gasteiger partial charge in [0.2, 0.25) is 0 Å². The summed E-state index contributed by atoms with van der Waals surface area (Å²) in [4.78, 5) is 2.40. The molecule has 0 aliphatic carbocycles. The molecule has 0 radical (unpaired) electrons. The number of piperazine rings is 1. The minimum absolute atomic E-state index is 0.224. The molecule has 1 unspecified atom stereocenters. The lowest BCUT2D eigenvalue weighted by Gasteiger charge is -2.36. The molecule has 1 aliphatic rings. The number of hydrogen-bond donors (Lipinski definition) is 2. The van der Waals surface area contributed by atoms with E-state index >= 15 is 0 Å². The predicted molar refractivity (Wildman–Crippen MR) is 70.8 cm³/mol. The first-order chi connectivity index (χ1) is 8.03. The predicted octanol–water partition coefficient (Wildman–Crippen LogP) is -0.711. The lowest BCUT2D eigenvalue weighted by Crippen LogP contribution is -2.53. The van der Waals surface area contributed by atoms with Crippen LogP contribution in [0.1, 0.15) is 6.42 Å². The molecule has 102 valence electrons. The fourth-order valence-corrected chi connectivity index (χ4v) is 1.90. The third-order valence-corrected chi connectivity index (χ3v) is 3.02. The van der Waals surface area contributed by atoms with Gasteiger partial charge in [-0.2, -0.15) is 0 Å². The largest absolute Gasteiger partial charge is 0.356 e. The quantitative estimate of drug-likeness (QED) is 0.582. The molecule has 0 amide bonds. The van der Waals surface area contributed by atoms with Gasteiger partial charge in [0.1, 0.15) is 12.8 Å². The molecule has 17 heavy (non-hydrogen) atoms. The average molecular weight is 245 g/mol. The standard InChI is InChI=1S/C12H29N4O/c1-16(2,3)9-10-17-12-11-14-6-8-15(12)7-4-5-13/h12,14H,4-11,13H2,1-3H3/q+1. The number of likely N-dealkylation sites (N-methyl/N-ethyl adjacent to an activating group) is 1. The van der Waals surface area contributed by atoms with Gasteiger partial charge in [-0.25, -0.2) is 0 Å². The number of quaternary nitrogens is 1. The van der Waals surface area contributed by atoms with Gasteiger partial charge < -0.3 is 20.3 Å². The molecule has 1 fully saturated rings. The summed E-state index contributed by atoms with van der Waals surface area (Å²) in [5, 5.41) is 3.39. The van der Waals surface area contributed by atoms with Crippen molar-refractivity contribution in [1.29, 1.82) is 0 Å². The minimum atomic E-state index is 0.224. The molecular weight excluding hydrogens is 216 g/mol. The summed E-state index contributed by atoms with van der Waals surface area (Å²) in [6, 6.07) is 0. The van der Waals surface area contributed by atoms with Crippen LogP contribution in [-0.2, 0) is 4.74 Å². The Labute approximate surface area is 105 Å². The van der Waals surface area contributed by atoms with Crippen molar-refractivity contribution in [3.8, 4) is 0 Å².